The van der Waals surface area contributed by atoms with Crippen molar-refractivity contribution in [2.75, 3.05) is 13.7 Å². The van der Waals surface area contributed by atoms with E-state index in [2.05, 4.69) is 0 Å². The number of carbonyl (C=O) groups is 1. The Kier molecular flexibility index (Phi) is 5.99. The second-order valence-corrected chi connectivity index (χ2v) is 3.59. The van der Waals surface area contributed by atoms with Crippen molar-refractivity contribution in [2.24, 2.45) is 11.8 Å². The van der Waals surface area contributed by atoms with Crippen molar-refractivity contribution in [1.82, 2.24) is 0 Å². The molecule has 0 bridgehead atoms. The van der Waals surface area contributed by atoms with Gasteiger partial charge in [0.1, 0.15) is 5.78 Å². The molecule has 0 aliphatic rings. The van der Waals surface area contributed by atoms with Gasteiger partial charge in [0.15, 0.2) is 0 Å². The molecule has 0 amide bonds. The third-order valence-electron chi connectivity index (χ3n) is 2.04. The standard InChI is InChI=1S/C10H20O2/c1-8(2)10(11)9(3)6-5-7-12-4/h8-9H,5-7H2,1-4H3. The molecule has 1 unspecified atom stereocenters. The highest BCUT2D eigenvalue weighted by Crippen LogP contribution is 2.12. The number of rotatable bonds is 6. The quantitative estimate of drug-likeness (QED) is 0.574. The van der Waals surface area contributed by atoms with Crippen molar-refractivity contribution >= 4 is 5.78 Å². The van der Waals surface area contributed by atoms with Crippen molar-refractivity contribution < 1.29 is 9.53 Å². The van der Waals surface area contributed by atoms with Crippen LogP contribution in [-0.2, 0) is 9.53 Å². The molecule has 0 spiro atoms. The molecule has 2 heteroatoms. The second-order valence-electron chi connectivity index (χ2n) is 3.59. The first-order valence-corrected chi connectivity index (χ1v) is 4.62. The summed E-state index contributed by atoms with van der Waals surface area (Å²) in [5.41, 5.74) is 0. The summed E-state index contributed by atoms with van der Waals surface area (Å²) >= 11 is 0. The summed E-state index contributed by atoms with van der Waals surface area (Å²) in [5.74, 6) is 0.730. The van der Waals surface area contributed by atoms with Gasteiger partial charge in [-0.25, -0.2) is 0 Å². The summed E-state index contributed by atoms with van der Waals surface area (Å²) < 4.78 is 4.92. The molecule has 2 nitrogen and oxygen atoms in total. The van der Waals surface area contributed by atoms with Crippen molar-refractivity contribution in [1.29, 1.82) is 0 Å². The van der Waals surface area contributed by atoms with Gasteiger partial charge >= 0.3 is 0 Å². The third kappa shape index (κ3) is 4.50. The average Bonchev–Trinajstić information content (AvgIpc) is 2.03. The SMILES string of the molecule is COCCCC(C)C(=O)C(C)C. The van der Waals surface area contributed by atoms with Gasteiger partial charge in [-0.15, -0.1) is 0 Å². The Balaban J connectivity index is 3.57. The maximum Gasteiger partial charge on any atom is 0.138 e. The predicted molar refractivity (Wildman–Crippen MR) is 50.1 cm³/mol. The predicted octanol–water partition coefficient (Wildman–Crippen LogP) is 2.27. The van der Waals surface area contributed by atoms with Crippen LogP contribution < -0.4 is 0 Å². The molecule has 0 saturated heterocycles. The Bertz CT molecular complexity index is 130. The lowest BCUT2D eigenvalue weighted by Gasteiger charge is -2.11. The summed E-state index contributed by atoms with van der Waals surface area (Å²) in [5, 5.41) is 0. The highest BCUT2D eigenvalue weighted by molar-refractivity contribution is 5.82. The van der Waals surface area contributed by atoms with E-state index in [0.29, 0.717) is 5.78 Å². The molecule has 0 fully saturated rings. The van der Waals surface area contributed by atoms with Gasteiger partial charge in [0.05, 0.1) is 0 Å². The zero-order chi connectivity index (χ0) is 9.56. The van der Waals surface area contributed by atoms with Crippen LogP contribution in [0.4, 0.5) is 0 Å². The lowest BCUT2D eigenvalue weighted by atomic mass is 9.93. The van der Waals surface area contributed by atoms with Crippen LogP contribution in [0.15, 0.2) is 0 Å². The van der Waals surface area contributed by atoms with Crippen LogP contribution in [0, 0.1) is 11.8 Å². The normalized spacial score (nSPS) is 13.4. The lowest BCUT2D eigenvalue weighted by molar-refractivity contribution is -0.125. The van der Waals surface area contributed by atoms with E-state index in [1.165, 1.54) is 0 Å². The van der Waals surface area contributed by atoms with Gasteiger partial charge in [-0.05, 0) is 12.8 Å². The molecule has 0 heterocycles. The minimum atomic E-state index is 0.169. The number of hydrogen-bond acceptors (Lipinski definition) is 2. The average molecular weight is 172 g/mol. The van der Waals surface area contributed by atoms with Crippen molar-refractivity contribution in [3.05, 3.63) is 0 Å². The Hall–Kier alpha value is -0.370. The number of ether oxygens (including phenoxy) is 1. The van der Waals surface area contributed by atoms with Crippen molar-refractivity contribution in [3.63, 3.8) is 0 Å². The largest absolute Gasteiger partial charge is 0.385 e. The maximum atomic E-state index is 11.4. The number of carbonyl (C=O) groups excluding carboxylic acids is 1. The van der Waals surface area contributed by atoms with Gasteiger partial charge < -0.3 is 4.74 Å². The van der Waals surface area contributed by atoms with E-state index in [-0.39, 0.29) is 11.8 Å². The molecule has 0 saturated carbocycles. The molecule has 1 atom stereocenters. The van der Waals surface area contributed by atoms with Crippen LogP contribution >= 0.6 is 0 Å². The molecule has 0 aromatic heterocycles. The van der Waals surface area contributed by atoms with Gasteiger partial charge in [0, 0.05) is 25.6 Å². The minimum absolute atomic E-state index is 0.169. The fourth-order valence-electron chi connectivity index (χ4n) is 1.25. The first kappa shape index (κ1) is 11.6. The number of methoxy groups -OCH3 is 1. The summed E-state index contributed by atoms with van der Waals surface area (Å²) in [6, 6.07) is 0. The Labute approximate surface area is 75.3 Å². The molecule has 0 aliphatic heterocycles. The van der Waals surface area contributed by atoms with Gasteiger partial charge in [0.25, 0.3) is 0 Å². The molecule has 72 valence electrons. The molecule has 0 N–H and O–H groups in total. The highest BCUT2D eigenvalue weighted by atomic mass is 16.5. The van der Waals surface area contributed by atoms with E-state index in [0.717, 1.165) is 19.4 Å². The van der Waals surface area contributed by atoms with Crippen LogP contribution in [0.1, 0.15) is 33.6 Å². The topological polar surface area (TPSA) is 26.3 Å². The molecule has 0 rings (SSSR count). The smallest absolute Gasteiger partial charge is 0.138 e. The molecule has 0 aromatic rings. The van der Waals surface area contributed by atoms with Gasteiger partial charge in [-0.1, -0.05) is 20.8 Å². The van der Waals surface area contributed by atoms with E-state index in [9.17, 15) is 4.79 Å². The van der Waals surface area contributed by atoms with E-state index in [4.69, 9.17) is 4.74 Å². The molecule has 12 heavy (non-hydrogen) atoms. The molecular weight excluding hydrogens is 152 g/mol. The first-order chi connectivity index (χ1) is 5.59. The molecule has 0 aliphatic carbocycles. The maximum absolute atomic E-state index is 11.4. The van der Waals surface area contributed by atoms with Gasteiger partial charge in [0.2, 0.25) is 0 Å². The zero-order valence-corrected chi connectivity index (χ0v) is 8.59. The Morgan fingerprint density at radius 3 is 2.33 bits per heavy atom. The van der Waals surface area contributed by atoms with E-state index in [1.807, 2.05) is 20.8 Å². The van der Waals surface area contributed by atoms with Gasteiger partial charge in [-0.2, -0.15) is 0 Å². The van der Waals surface area contributed by atoms with Crippen LogP contribution in [0.2, 0.25) is 0 Å². The van der Waals surface area contributed by atoms with Crippen molar-refractivity contribution in [2.45, 2.75) is 33.6 Å². The van der Waals surface area contributed by atoms with Crippen LogP contribution in [0.5, 0.6) is 0 Å². The highest BCUT2D eigenvalue weighted by Gasteiger charge is 2.15. The minimum Gasteiger partial charge on any atom is -0.385 e. The third-order valence-corrected chi connectivity index (χ3v) is 2.04. The zero-order valence-electron chi connectivity index (χ0n) is 8.59. The summed E-state index contributed by atoms with van der Waals surface area (Å²) in [6.45, 7) is 6.66. The fourth-order valence-corrected chi connectivity index (χ4v) is 1.25. The first-order valence-electron chi connectivity index (χ1n) is 4.62. The Morgan fingerprint density at radius 2 is 1.92 bits per heavy atom. The lowest BCUT2D eigenvalue weighted by Crippen LogP contribution is -2.17. The van der Waals surface area contributed by atoms with E-state index < -0.39 is 0 Å². The van der Waals surface area contributed by atoms with E-state index in [1.54, 1.807) is 7.11 Å². The van der Waals surface area contributed by atoms with Gasteiger partial charge in [-0.3, -0.25) is 4.79 Å². The Morgan fingerprint density at radius 1 is 1.33 bits per heavy atom. The summed E-state index contributed by atoms with van der Waals surface area (Å²) in [7, 11) is 1.69. The van der Waals surface area contributed by atoms with Crippen LogP contribution in [0.25, 0.3) is 0 Å². The second kappa shape index (κ2) is 6.18. The number of ketones is 1. The monoisotopic (exact) mass is 172 g/mol. The summed E-state index contributed by atoms with van der Waals surface area (Å²) in [6.07, 6.45) is 1.93. The van der Waals surface area contributed by atoms with Crippen LogP contribution in [0.3, 0.4) is 0 Å². The number of hydrogen-bond donors (Lipinski definition) is 0. The number of Topliss-reactive ketones (excluding diaryl/α,β-unsaturated/α-hetero) is 1. The summed E-state index contributed by atoms with van der Waals surface area (Å²) in [4.78, 5) is 11.4. The van der Waals surface area contributed by atoms with Crippen molar-refractivity contribution in [3.8, 4) is 0 Å². The van der Waals surface area contributed by atoms with Crippen LogP contribution in [-0.4, -0.2) is 19.5 Å². The molecular formula is C10H20O2. The molecule has 0 radical (unpaired) electrons. The molecule has 0 aromatic carbocycles. The van der Waals surface area contributed by atoms with E-state index >= 15 is 0 Å². The fraction of sp³-hybridized carbons (Fsp3) is 0.900.